The minimum absolute atomic E-state index is 0.0515. The maximum Gasteiger partial charge on any atom is 0.287 e. The van der Waals surface area contributed by atoms with E-state index in [1.54, 1.807) is 0 Å². The lowest BCUT2D eigenvalue weighted by molar-refractivity contribution is -0.385. The second-order valence-electron chi connectivity index (χ2n) is 5.01. The normalized spacial score (nSPS) is 19.8. The number of hydrogen-bond acceptors (Lipinski definition) is 4. The van der Waals surface area contributed by atoms with Crippen molar-refractivity contribution in [2.45, 2.75) is 12.3 Å². The minimum atomic E-state index is -0.523. The summed E-state index contributed by atoms with van der Waals surface area (Å²) in [5.74, 6) is 0.447. The molecule has 1 heterocycles. The first-order chi connectivity index (χ1) is 10.1. The lowest BCUT2D eigenvalue weighted by Gasteiger charge is -2.04. The summed E-state index contributed by atoms with van der Waals surface area (Å²) in [4.78, 5) is 26.0. The van der Waals surface area contributed by atoms with Gasteiger partial charge in [0, 0.05) is 12.0 Å². The van der Waals surface area contributed by atoms with Gasteiger partial charge in [-0.2, -0.15) is 0 Å². The molecule has 1 N–H and O–H groups in total. The van der Waals surface area contributed by atoms with E-state index >= 15 is 0 Å². The predicted octanol–water partition coefficient (Wildman–Crippen LogP) is 2.73. The Morgan fingerprint density at radius 2 is 2.00 bits per heavy atom. The second-order valence-corrected chi connectivity index (χ2v) is 5.01. The van der Waals surface area contributed by atoms with Crippen LogP contribution in [0.4, 0.5) is 11.5 Å². The van der Waals surface area contributed by atoms with Crippen molar-refractivity contribution >= 4 is 17.4 Å². The maximum atomic E-state index is 12.1. The zero-order valence-electron chi connectivity index (χ0n) is 11.1. The van der Waals surface area contributed by atoms with Gasteiger partial charge in [-0.1, -0.05) is 30.3 Å². The number of carbonyl (C=O) groups excluding carboxylic acids is 1. The third kappa shape index (κ3) is 2.89. The van der Waals surface area contributed by atoms with Crippen LogP contribution >= 0.6 is 0 Å². The SMILES string of the molecule is O=C(Nc1ccc([N+](=O)[O-])cn1)[C@@H]1C[C@H]1c1ccccc1. The molecular formula is C15H13N3O3. The summed E-state index contributed by atoms with van der Waals surface area (Å²) in [6.45, 7) is 0. The van der Waals surface area contributed by atoms with Gasteiger partial charge in [0.2, 0.25) is 5.91 Å². The monoisotopic (exact) mass is 283 g/mol. The van der Waals surface area contributed by atoms with Gasteiger partial charge in [0.15, 0.2) is 0 Å². The molecule has 2 aromatic rings. The average molecular weight is 283 g/mol. The van der Waals surface area contributed by atoms with E-state index in [2.05, 4.69) is 10.3 Å². The Balaban J connectivity index is 1.62. The summed E-state index contributed by atoms with van der Waals surface area (Å²) >= 11 is 0. The molecule has 0 unspecified atom stereocenters. The highest BCUT2D eigenvalue weighted by atomic mass is 16.6. The molecule has 1 fully saturated rings. The number of rotatable bonds is 4. The van der Waals surface area contributed by atoms with Crippen LogP contribution in [0.25, 0.3) is 0 Å². The number of nitrogens with one attached hydrogen (secondary N) is 1. The Morgan fingerprint density at radius 1 is 1.24 bits per heavy atom. The summed E-state index contributed by atoms with van der Waals surface area (Å²) < 4.78 is 0. The van der Waals surface area contributed by atoms with Crippen LogP contribution in [-0.2, 0) is 4.79 Å². The largest absolute Gasteiger partial charge is 0.310 e. The van der Waals surface area contributed by atoms with Crippen molar-refractivity contribution in [1.29, 1.82) is 0 Å². The van der Waals surface area contributed by atoms with Gasteiger partial charge in [0.25, 0.3) is 5.69 Å². The second kappa shape index (κ2) is 5.32. The molecule has 1 amide bonds. The molecule has 0 spiro atoms. The first-order valence-electron chi connectivity index (χ1n) is 6.61. The molecule has 2 atom stereocenters. The predicted molar refractivity (Wildman–Crippen MR) is 76.8 cm³/mol. The number of benzene rings is 1. The van der Waals surface area contributed by atoms with E-state index in [0.717, 1.165) is 18.2 Å². The fourth-order valence-corrected chi connectivity index (χ4v) is 2.34. The van der Waals surface area contributed by atoms with Crippen LogP contribution in [-0.4, -0.2) is 15.8 Å². The Morgan fingerprint density at radius 3 is 2.62 bits per heavy atom. The molecule has 1 aromatic carbocycles. The number of nitro groups is 1. The first kappa shape index (κ1) is 13.2. The Kier molecular flexibility index (Phi) is 3.35. The first-order valence-corrected chi connectivity index (χ1v) is 6.61. The smallest absolute Gasteiger partial charge is 0.287 e. The van der Waals surface area contributed by atoms with Crippen LogP contribution in [0.2, 0.25) is 0 Å². The van der Waals surface area contributed by atoms with Crippen molar-refractivity contribution in [2.75, 3.05) is 5.32 Å². The molecule has 0 aliphatic heterocycles. The highest BCUT2D eigenvalue weighted by Crippen LogP contribution is 2.47. The third-order valence-electron chi connectivity index (χ3n) is 3.56. The molecule has 1 aliphatic rings. The van der Waals surface area contributed by atoms with Gasteiger partial charge in [-0.3, -0.25) is 14.9 Å². The van der Waals surface area contributed by atoms with Crippen molar-refractivity contribution in [3.8, 4) is 0 Å². The molecule has 6 nitrogen and oxygen atoms in total. The molecule has 0 saturated heterocycles. The summed E-state index contributed by atoms with van der Waals surface area (Å²) in [7, 11) is 0. The summed E-state index contributed by atoms with van der Waals surface area (Å²) in [5.41, 5.74) is 1.07. The topological polar surface area (TPSA) is 85.1 Å². The van der Waals surface area contributed by atoms with Gasteiger partial charge in [-0.25, -0.2) is 4.98 Å². The fourth-order valence-electron chi connectivity index (χ4n) is 2.34. The van der Waals surface area contributed by atoms with Crippen LogP contribution in [0.5, 0.6) is 0 Å². The van der Waals surface area contributed by atoms with E-state index in [9.17, 15) is 14.9 Å². The summed E-state index contributed by atoms with van der Waals surface area (Å²) in [6, 6.07) is 12.7. The number of hydrogen-bond donors (Lipinski definition) is 1. The Labute approximate surface area is 121 Å². The number of aromatic nitrogens is 1. The van der Waals surface area contributed by atoms with E-state index in [4.69, 9.17) is 0 Å². The minimum Gasteiger partial charge on any atom is -0.310 e. The molecule has 1 aromatic heterocycles. The standard InChI is InChI=1S/C15H13N3O3/c19-15(13-8-12(13)10-4-2-1-3-5-10)17-14-7-6-11(9-16-14)18(20)21/h1-7,9,12-13H,8H2,(H,16,17,19)/t12-,13+/m0/s1. The molecule has 1 saturated carbocycles. The lowest BCUT2D eigenvalue weighted by atomic mass is 10.1. The molecule has 106 valence electrons. The van der Waals surface area contributed by atoms with Gasteiger partial charge < -0.3 is 5.32 Å². The summed E-state index contributed by atoms with van der Waals surface area (Å²) in [6.07, 6.45) is 1.96. The Hall–Kier alpha value is -2.76. The maximum absolute atomic E-state index is 12.1. The number of nitrogens with zero attached hydrogens (tertiary/aromatic N) is 2. The lowest BCUT2D eigenvalue weighted by Crippen LogP contribution is -2.15. The van der Waals surface area contributed by atoms with E-state index in [-0.39, 0.29) is 23.4 Å². The van der Waals surface area contributed by atoms with Crippen molar-refractivity contribution in [3.63, 3.8) is 0 Å². The number of carbonyl (C=O) groups is 1. The Bertz CT molecular complexity index is 670. The molecular weight excluding hydrogens is 270 g/mol. The fraction of sp³-hybridized carbons (Fsp3) is 0.200. The van der Waals surface area contributed by atoms with Crippen LogP contribution in [0.15, 0.2) is 48.7 Å². The number of anilines is 1. The van der Waals surface area contributed by atoms with Crippen LogP contribution in [0, 0.1) is 16.0 Å². The van der Waals surface area contributed by atoms with Crippen molar-refractivity contribution in [1.82, 2.24) is 4.98 Å². The van der Waals surface area contributed by atoms with Gasteiger partial charge in [-0.05, 0) is 24.0 Å². The molecule has 0 bridgehead atoms. The molecule has 0 radical (unpaired) electrons. The van der Waals surface area contributed by atoms with Crippen LogP contribution in [0.1, 0.15) is 17.9 Å². The van der Waals surface area contributed by atoms with E-state index in [0.29, 0.717) is 5.82 Å². The average Bonchev–Trinajstić information content (AvgIpc) is 3.29. The molecule has 6 heteroatoms. The van der Waals surface area contributed by atoms with Crippen LogP contribution < -0.4 is 5.32 Å². The third-order valence-corrected chi connectivity index (χ3v) is 3.56. The van der Waals surface area contributed by atoms with E-state index in [1.165, 1.54) is 12.1 Å². The highest BCUT2D eigenvalue weighted by Gasteiger charge is 2.43. The van der Waals surface area contributed by atoms with Gasteiger partial charge in [0.1, 0.15) is 12.0 Å². The van der Waals surface area contributed by atoms with Gasteiger partial charge in [-0.15, -0.1) is 0 Å². The van der Waals surface area contributed by atoms with Crippen molar-refractivity contribution in [2.24, 2.45) is 5.92 Å². The van der Waals surface area contributed by atoms with Crippen LogP contribution in [0.3, 0.4) is 0 Å². The quantitative estimate of drug-likeness (QED) is 0.690. The molecule has 21 heavy (non-hydrogen) atoms. The summed E-state index contributed by atoms with van der Waals surface area (Å²) in [5, 5.41) is 13.2. The highest BCUT2D eigenvalue weighted by molar-refractivity contribution is 5.94. The molecule has 3 rings (SSSR count). The van der Waals surface area contributed by atoms with E-state index < -0.39 is 4.92 Å². The zero-order chi connectivity index (χ0) is 14.8. The number of amides is 1. The zero-order valence-corrected chi connectivity index (χ0v) is 11.1. The van der Waals surface area contributed by atoms with Gasteiger partial charge >= 0.3 is 0 Å². The van der Waals surface area contributed by atoms with Crippen molar-refractivity contribution < 1.29 is 9.72 Å². The van der Waals surface area contributed by atoms with Crippen molar-refractivity contribution in [3.05, 3.63) is 64.3 Å². The molecule has 1 aliphatic carbocycles. The van der Waals surface area contributed by atoms with Gasteiger partial charge in [0.05, 0.1) is 4.92 Å². The van der Waals surface area contributed by atoms with E-state index in [1.807, 2.05) is 30.3 Å². The number of pyridine rings is 1.